The van der Waals surface area contributed by atoms with Crippen molar-refractivity contribution >= 4 is 35.8 Å². The summed E-state index contributed by atoms with van der Waals surface area (Å²) in [7, 11) is 0. The molecule has 1 aliphatic rings. The quantitative estimate of drug-likeness (QED) is 0.224. The largest absolute Gasteiger partial charge is 0.484 e. The Morgan fingerprint density at radius 2 is 1.97 bits per heavy atom. The van der Waals surface area contributed by atoms with Gasteiger partial charge in [-0.05, 0) is 69.1 Å². The molecule has 0 bridgehead atoms. The van der Waals surface area contributed by atoms with Gasteiger partial charge in [0.1, 0.15) is 11.5 Å². The number of rotatable bonds is 11. The molecule has 1 aromatic heterocycles. The van der Waals surface area contributed by atoms with Gasteiger partial charge in [-0.15, -0.1) is 24.0 Å². The Balaban J connectivity index is 0.00000363. The van der Waals surface area contributed by atoms with Gasteiger partial charge in [-0.3, -0.25) is 14.7 Å². The molecule has 0 radical (unpaired) electrons. The molecule has 2 heterocycles. The fourth-order valence-electron chi connectivity index (χ4n) is 3.67. The highest BCUT2D eigenvalue weighted by molar-refractivity contribution is 14.0. The zero-order valence-corrected chi connectivity index (χ0v) is 20.9. The zero-order chi connectivity index (χ0) is 21.9. The Morgan fingerprint density at radius 3 is 2.59 bits per heavy atom. The summed E-state index contributed by atoms with van der Waals surface area (Å²) in [6.07, 6.45) is 5.03. The molecule has 0 spiro atoms. The van der Waals surface area contributed by atoms with E-state index in [0.29, 0.717) is 12.3 Å². The molecular weight excluding hydrogens is 521 g/mol. The van der Waals surface area contributed by atoms with Crippen LogP contribution in [0.15, 0.2) is 52.1 Å². The van der Waals surface area contributed by atoms with Gasteiger partial charge in [-0.2, -0.15) is 0 Å². The highest BCUT2D eigenvalue weighted by Gasteiger charge is 2.25. The number of hydrogen-bond acceptors (Lipinski definition) is 5. The maximum atomic E-state index is 10.8. The zero-order valence-electron chi connectivity index (χ0n) is 18.6. The third-order valence-corrected chi connectivity index (χ3v) is 5.23. The fraction of sp³-hybridized carbons (Fsp3) is 0.478. The highest BCUT2D eigenvalue weighted by Crippen LogP contribution is 2.25. The number of primary amides is 1. The maximum absolute atomic E-state index is 10.8. The van der Waals surface area contributed by atoms with Crippen molar-refractivity contribution in [3.63, 3.8) is 0 Å². The lowest BCUT2D eigenvalue weighted by atomic mass is 10.1. The highest BCUT2D eigenvalue weighted by atomic mass is 127. The molecule has 1 fully saturated rings. The molecule has 1 amide bonds. The predicted octanol–water partition coefficient (Wildman–Crippen LogP) is 2.70. The Labute approximate surface area is 207 Å². The van der Waals surface area contributed by atoms with Crippen LogP contribution in [0.4, 0.5) is 0 Å². The van der Waals surface area contributed by atoms with E-state index in [-0.39, 0.29) is 36.6 Å². The standard InChI is InChI=1S/C23H33N5O3.HI/c1-2-25-23(26-12-11-18-7-9-19(10-8-18)31-17-22(24)29)27-16-20(21-6-5-15-30-21)28-13-3-4-14-28;/h5-10,15,20H,2-4,11-14,16-17H2,1H3,(H2,24,29)(H2,25,26,27);1H. The van der Waals surface area contributed by atoms with Crippen molar-refractivity contribution in [2.75, 3.05) is 39.3 Å². The summed E-state index contributed by atoms with van der Waals surface area (Å²) in [5.74, 6) is 1.93. The van der Waals surface area contributed by atoms with Gasteiger partial charge in [0.2, 0.25) is 0 Å². The molecule has 1 aliphatic heterocycles. The molecular formula is C23H34IN5O3. The van der Waals surface area contributed by atoms with Crippen LogP contribution in [0.3, 0.4) is 0 Å². The molecule has 0 aliphatic carbocycles. The van der Waals surface area contributed by atoms with Crippen LogP contribution in [0.5, 0.6) is 5.75 Å². The van der Waals surface area contributed by atoms with Gasteiger partial charge in [0.05, 0.1) is 18.8 Å². The van der Waals surface area contributed by atoms with Gasteiger partial charge in [0.15, 0.2) is 12.6 Å². The van der Waals surface area contributed by atoms with Crippen molar-refractivity contribution in [2.45, 2.75) is 32.2 Å². The van der Waals surface area contributed by atoms with Crippen molar-refractivity contribution in [3.8, 4) is 5.75 Å². The minimum absolute atomic E-state index is 0. The third kappa shape index (κ3) is 8.34. The second-order valence-electron chi connectivity index (χ2n) is 7.57. The van der Waals surface area contributed by atoms with E-state index in [9.17, 15) is 4.79 Å². The van der Waals surface area contributed by atoms with Gasteiger partial charge >= 0.3 is 0 Å². The monoisotopic (exact) mass is 555 g/mol. The van der Waals surface area contributed by atoms with Crippen LogP contribution in [0.25, 0.3) is 0 Å². The van der Waals surface area contributed by atoms with E-state index in [1.165, 1.54) is 18.4 Å². The van der Waals surface area contributed by atoms with Crippen LogP contribution in [0.1, 0.15) is 37.1 Å². The van der Waals surface area contributed by atoms with Crippen LogP contribution in [0.2, 0.25) is 0 Å². The number of ether oxygens (including phenoxy) is 1. The summed E-state index contributed by atoms with van der Waals surface area (Å²) < 4.78 is 11.0. The molecule has 8 nitrogen and oxygen atoms in total. The van der Waals surface area contributed by atoms with Crippen LogP contribution in [0, 0.1) is 0 Å². The molecule has 4 N–H and O–H groups in total. The molecule has 0 saturated carbocycles. The topological polar surface area (TPSA) is 105 Å². The van der Waals surface area contributed by atoms with E-state index in [1.807, 2.05) is 36.4 Å². The lowest BCUT2D eigenvalue weighted by molar-refractivity contribution is -0.119. The Kier molecular flexibility index (Phi) is 11.4. The number of carbonyl (C=O) groups is 1. The van der Waals surface area contributed by atoms with Gasteiger partial charge in [0.25, 0.3) is 5.91 Å². The molecule has 1 saturated heterocycles. The number of carbonyl (C=O) groups excluding carboxylic acids is 1. The average molecular weight is 555 g/mol. The lowest BCUT2D eigenvalue weighted by Gasteiger charge is -2.24. The second kappa shape index (κ2) is 14.0. The van der Waals surface area contributed by atoms with Gasteiger partial charge in [-0.25, -0.2) is 0 Å². The normalized spacial score (nSPS) is 15.1. The van der Waals surface area contributed by atoms with E-state index >= 15 is 0 Å². The number of guanidine groups is 1. The summed E-state index contributed by atoms with van der Waals surface area (Å²) in [4.78, 5) is 18.1. The van der Waals surface area contributed by atoms with Crippen LogP contribution < -0.4 is 21.1 Å². The Morgan fingerprint density at radius 1 is 1.22 bits per heavy atom. The van der Waals surface area contributed by atoms with E-state index in [1.54, 1.807) is 6.26 Å². The van der Waals surface area contributed by atoms with Crippen LogP contribution in [-0.4, -0.2) is 56.1 Å². The van der Waals surface area contributed by atoms with Crippen molar-refractivity contribution < 1.29 is 13.9 Å². The minimum atomic E-state index is -0.484. The first-order chi connectivity index (χ1) is 15.2. The molecule has 32 heavy (non-hydrogen) atoms. The average Bonchev–Trinajstić information content (AvgIpc) is 3.48. The number of nitrogens with one attached hydrogen (secondary N) is 2. The number of hydrogen-bond donors (Lipinski definition) is 3. The predicted molar refractivity (Wildman–Crippen MR) is 136 cm³/mol. The maximum Gasteiger partial charge on any atom is 0.255 e. The SMILES string of the molecule is CCNC(=NCC(c1ccco1)N1CCCC1)NCCc1ccc(OCC(N)=O)cc1.I. The minimum Gasteiger partial charge on any atom is -0.484 e. The van der Waals surface area contributed by atoms with Crippen LogP contribution >= 0.6 is 24.0 Å². The summed E-state index contributed by atoms with van der Waals surface area (Å²) in [6, 6.07) is 11.8. The summed E-state index contributed by atoms with van der Waals surface area (Å²) >= 11 is 0. The smallest absolute Gasteiger partial charge is 0.255 e. The van der Waals surface area contributed by atoms with E-state index < -0.39 is 5.91 Å². The van der Waals surface area contributed by atoms with Gasteiger partial charge in [-0.1, -0.05) is 12.1 Å². The van der Waals surface area contributed by atoms with Gasteiger partial charge in [0, 0.05) is 13.1 Å². The number of aliphatic imine (C=N–C) groups is 1. The molecule has 3 rings (SSSR count). The fourth-order valence-corrected chi connectivity index (χ4v) is 3.67. The molecule has 1 atom stereocenters. The molecule has 1 unspecified atom stereocenters. The Bertz CT molecular complexity index is 821. The lowest BCUT2D eigenvalue weighted by Crippen LogP contribution is -2.39. The first-order valence-corrected chi connectivity index (χ1v) is 11.0. The molecule has 2 aromatic rings. The Hall–Kier alpha value is -2.27. The van der Waals surface area contributed by atoms with E-state index in [4.69, 9.17) is 19.9 Å². The summed E-state index contributed by atoms with van der Waals surface area (Å²) in [5, 5.41) is 6.73. The summed E-state index contributed by atoms with van der Waals surface area (Å²) in [6.45, 7) is 6.32. The van der Waals surface area contributed by atoms with Gasteiger partial charge < -0.3 is 25.5 Å². The number of nitrogens with zero attached hydrogens (tertiary/aromatic N) is 2. The first-order valence-electron chi connectivity index (χ1n) is 11.0. The summed E-state index contributed by atoms with van der Waals surface area (Å²) in [5.41, 5.74) is 6.26. The molecule has 176 valence electrons. The van der Waals surface area contributed by atoms with Crippen molar-refractivity contribution in [3.05, 3.63) is 54.0 Å². The number of halogens is 1. The van der Waals surface area contributed by atoms with Crippen molar-refractivity contribution in [2.24, 2.45) is 10.7 Å². The number of furan rings is 1. The molecule has 9 heteroatoms. The number of likely N-dealkylation sites (tertiary alicyclic amines) is 1. The molecule has 1 aromatic carbocycles. The number of nitrogens with two attached hydrogens (primary N) is 1. The van der Waals surface area contributed by atoms with Crippen molar-refractivity contribution in [1.29, 1.82) is 0 Å². The van der Waals surface area contributed by atoms with E-state index in [0.717, 1.165) is 44.3 Å². The second-order valence-corrected chi connectivity index (χ2v) is 7.57. The number of benzene rings is 1. The van der Waals surface area contributed by atoms with Crippen LogP contribution in [-0.2, 0) is 11.2 Å². The third-order valence-electron chi connectivity index (χ3n) is 5.23. The number of amides is 1. The first kappa shape index (κ1) is 26.0. The van der Waals surface area contributed by atoms with Crippen molar-refractivity contribution in [1.82, 2.24) is 15.5 Å². The van der Waals surface area contributed by atoms with E-state index in [2.05, 4.69) is 22.5 Å².